The van der Waals surface area contributed by atoms with Crippen LogP contribution in [0.5, 0.6) is 0 Å². The number of benzene rings is 1. The highest BCUT2D eigenvalue weighted by Gasteiger charge is 2.20. The summed E-state index contributed by atoms with van der Waals surface area (Å²) in [6.07, 6.45) is 1.32. The van der Waals surface area contributed by atoms with Crippen molar-refractivity contribution in [2.75, 3.05) is 25.1 Å². The summed E-state index contributed by atoms with van der Waals surface area (Å²) in [5, 5.41) is 22.3. The molecule has 0 radical (unpaired) electrons. The summed E-state index contributed by atoms with van der Waals surface area (Å²) in [5.41, 5.74) is 0.884. The summed E-state index contributed by atoms with van der Waals surface area (Å²) in [4.78, 5) is 12.9. The fraction of sp³-hybridized carbons (Fsp3) is 0.231. The number of carboxylic acid groups (broad SMARTS) is 1. The van der Waals surface area contributed by atoms with Crippen molar-refractivity contribution in [1.29, 1.82) is 0 Å². The molecule has 0 aliphatic heterocycles. The van der Waals surface area contributed by atoms with Crippen LogP contribution in [0.25, 0.3) is 5.69 Å². The molecule has 0 saturated heterocycles. The standard InChI is InChI=1S/C13H15N3O3/c1-15(7-8-17)12-11(13(18)19)9-14-16(12)10-5-3-2-4-6-10/h2-6,9,17H,7-8H2,1H3,(H,18,19). The lowest BCUT2D eigenvalue weighted by Crippen LogP contribution is -2.25. The second-order valence-corrected chi connectivity index (χ2v) is 4.08. The molecular weight excluding hydrogens is 246 g/mol. The molecule has 6 nitrogen and oxygen atoms in total. The minimum absolute atomic E-state index is 0.0600. The molecule has 1 heterocycles. The minimum atomic E-state index is -1.04. The summed E-state index contributed by atoms with van der Waals surface area (Å²) < 4.78 is 1.55. The number of likely N-dealkylation sites (N-methyl/N-ethyl adjacent to an activating group) is 1. The normalized spacial score (nSPS) is 10.4. The molecule has 2 aromatic rings. The maximum Gasteiger partial charge on any atom is 0.341 e. The first-order valence-corrected chi connectivity index (χ1v) is 5.84. The van der Waals surface area contributed by atoms with Crippen LogP contribution in [-0.4, -0.2) is 46.2 Å². The number of aliphatic hydroxyl groups excluding tert-OH is 1. The van der Waals surface area contributed by atoms with Crippen LogP contribution >= 0.6 is 0 Å². The first kappa shape index (κ1) is 13.1. The zero-order valence-electron chi connectivity index (χ0n) is 10.5. The number of anilines is 1. The van der Waals surface area contributed by atoms with Gasteiger partial charge in [-0.25, -0.2) is 9.48 Å². The Hall–Kier alpha value is -2.34. The fourth-order valence-corrected chi connectivity index (χ4v) is 1.87. The molecule has 0 aliphatic rings. The Morgan fingerprint density at radius 3 is 2.63 bits per heavy atom. The lowest BCUT2D eigenvalue weighted by Gasteiger charge is -2.20. The van der Waals surface area contributed by atoms with Crippen LogP contribution in [0.4, 0.5) is 5.82 Å². The maximum atomic E-state index is 11.2. The molecule has 6 heteroatoms. The van der Waals surface area contributed by atoms with Crippen LogP contribution in [0.1, 0.15) is 10.4 Å². The van der Waals surface area contributed by atoms with Gasteiger partial charge in [-0.1, -0.05) is 18.2 Å². The summed E-state index contributed by atoms with van der Waals surface area (Å²) in [6.45, 7) is 0.272. The van der Waals surface area contributed by atoms with Gasteiger partial charge in [-0.05, 0) is 12.1 Å². The largest absolute Gasteiger partial charge is 0.477 e. The number of carbonyl (C=O) groups is 1. The van der Waals surface area contributed by atoms with Gasteiger partial charge in [0.15, 0.2) is 0 Å². The van der Waals surface area contributed by atoms with Crippen LogP contribution in [0.2, 0.25) is 0 Å². The lowest BCUT2D eigenvalue weighted by atomic mass is 10.3. The monoisotopic (exact) mass is 261 g/mol. The molecule has 0 saturated carbocycles. The van der Waals surface area contributed by atoms with Gasteiger partial charge < -0.3 is 15.1 Å². The Bertz CT molecular complexity index is 566. The molecule has 19 heavy (non-hydrogen) atoms. The van der Waals surface area contributed by atoms with Crippen molar-refractivity contribution in [2.24, 2.45) is 0 Å². The number of aromatic carboxylic acids is 1. The summed E-state index contributed by atoms with van der Waals surface area (Å²) in [5.74, 6) is -0.588. The van der Waals surface area contributed by atoms with Gasteiger partial charge in [-0.15, -0.1) is 0 Å². The van der Waals surface area contributed by atoms with E-state index < -0.39 is 5.97 Å². The van der Waals surface area contributed by atoms with Crippen molar-refractivity contribution < 1.29 is 15.0 Å². The van der Waals surface area contributed by atoms with Crippen LogP contribution in [0, 0.1) is 0 Å². The van der Waals surface area contributed by atoms with E-state index in [0.717, 1.165) is 5.69 Å². The van der Waals surface area contributed by atoms with E-state index in [2.05, 4.69) is 5.10 Å². The molecule has 2 rings (SSSR count). The molecule has 0 atom stereocenters. The van der Waals surface area contributed by atoms with Gasteiger partial charge in [0.2, 0.25) is 0 Å². The first-order valence-electron chi connectivity index (χ1n) is 5.84. The molecule has 0 fully saturated rings. The number of rotatable bonds is 5. The van der Waals surface area contributed by atoms with Gasteiger partial charge in [-0.3, -0.25) is 0 Å². The molecule has 1 aromatic carbocycles. The predicted molar refractivity (Wildman–Crippen MR) is 70.9 cm³/mol. The molecule has 0 aliphatic carbocycles. The molecule has 1 aromatic heterocycles. The Morgan fingerprint density at radius 1 is 1.37 bits per heavy atom. The lowest BCUT2D eigenvalue weighted by molar-refractivity contribution is 0.0697. The van der Waals surface area contributed by atoms with Crippen molar-refractivity contribution in [1.82, 2.24) is 9.78 Å². The van der Waals surface area contributed by atoms with Crippen LogP contribution in [0.3, 0.4) is 0 Å². The van der Waals surface area contributed by atoms with Gasteiger partial charge in [0.05, 0.1) is 18.5 Å². The van der Waals surface area contributed by atoms with Gasteiger partial charge >= 0.3 is 5.97 Å². The fourth-order valence-electron chi connectivity index (χ4n) is 1.87. The molecule has 0 amide bonds. The van der Waals surface area contributed by atoms with Crippen molar-refractivity contribution >= 4 is 11.8 Å². The second-order valence-electron chi connectivity index (χ2n) is 4.08. The number of hydrogen-bond acceptors (Lipinski definition) is 4. The maximum absolute atomic E-state index is 11.2. The van der Waals surface area contributed by atoms with Crippen molar-refractivity contribution in [3.05, 3.63) is 42.1 Å². The Morgan fingerprint density at radius 2 is 2.05 bits per heavy atom. The predicted octanol–water partition coefficient (Wildman–Crippen LogP) is 0.999. The third-order valence-corrected chi connectivity index (χ3v) is 2.77. The van der Waals surface area contributed by atoms with E-state index >= 15 is 0 Å². The van der Waals surface area contributed by atoms with Gasteiger partial charge in [0, 0.05) is 13.6 Å². The number of nitrogens with zero attached hydrogens (tertiary/aromatic N) is 3. The average molecular weight is 261 g/mol. The topological polar surface area (TPSA) is 78.6 Å². The number of para-hydroxylation sites is 1. The van der Waals surface area contributed by atoms with Gasteiger partial charge in [0.1, 0.15) is 11.4 Å². The Balaban J connectivity index is 2.53. The molecule has 0 unspecified atom stereocenters. The van der Waals surface area contributed by atoms with E-state index in [1.54, 1.807) is 16.6 Å². The van der Waals surface area contributed by atoms with Gasteiger partial charge in [0.25, 0.3) is 0 Å². The van der Waals surface area contributed by atoms with E-state index in [4.69, 9.17) is 5.11 Å². The highest BCUT2D eigenvalue weighted by molar-refractivity contribution is 5.93. The van der Waals surface area contributed by atoms with Crippen LogP contribution < -0.4 is 4.90 Å². The summed E-state index contributed by atoms with van der Waals surface area (Å²) in [6, 6.07) is 9.27. The van der Waals surface area contributed by atoms with E-state index in [0.29, 0.717) is 12.4 Å². The highest BCUT2D eigenvalue weighted by atomic mass is 16.4. The van der Waals surface area contributed by atoms with Crippen LogP contribution in [0.15, 0.2) is 36.5 Å². The summed E-state index contributed by atoms with van der Waals surface area (Å²) >= 11 is 0. The van der Waals surface area contributed by atoms with Crippen molar-refractivity contribution in [2.45, 2.75) is 0 Å². The Labute approximate surface area is 110 Å². The molecule has 0 bridgehead atoms. The van der Waals surface area contributed by atoms with Crippen molar-refractivity contribution in [3.8, 4) is 5.69 Å². The zero-order valence-corrected chi connectivity index (χ0v) is 10.5. The molecule has 2 N–H and O–H groups in total. The first-order chi connectivity index (χ1) is 9.15. The van der Waals surface area contributed by atoms with Gasteiger partial charge in [-0.2, -0.15) is 5.10 Å². The third kappa shape index (κ3) is 2.58. The SMILES string of the molecule is CN(CCO)c1c(C(=O)O)cnn1-c1ccccc1. The number of aliphatic hydroxyl groups is 1. The third-order valence-electron chi connectivity index (χ3n) is 2.77. The molecule has 0 spiro atoms. The van der Waals surface area contributed by atoms with E-state index in [-0.39, 0.29) is 12.2 Å². The average Bonchev–Trinajstić information content (AvgIpc) is 2.85. The van der Waals surface area contributed by atoms with E-state index in [1.807, 2.05) is 30.3 Å². The number of aromatic nitrogens is 2. The van der Waals surface area contributed by atoms with Crippen LogP contribution in [-0.2, 0) is 0 Å². The number of hydrogen-bond donors (Lipinski definition) is 2. The second kappa shape index (κ2) is 5.53. The summed E-state index contributed by atoms with van der Waals surface area (Å²) in [7, 11) is 1.72. The Kier molecular flexibility index (Phi) is 3.82. The van der Waals surface area contributed by atoms with E-state index in [1.165, 1.54) is 6.20 Å². The number of carboxylic acids is 1. The quantitative estimate of drug-likeness (QED) is 0.839. The minimum Gasteiger partial charge on any atom is -0.477 e. The highest BCUT2D eigenvalue weighted by Crippen LogP contribution is 2.23. The zero-order chi connectivity index (χ0) is 13.8. The van der Waals surface area contributed by atoms with E-state index in [9.17, 15) is 9.90 Å². The molecule has 100 valence electrons. The molecular formula is C13H15N3O3. The smallest absolute Gasteiger partial charge is 0.341 e. The van der Waals surface area contributed by atoms with Crippen molar-refractivity contribution in [3.63, 3.8) is 0 Å².